The molecule has 0 aromatic carbocycles. The van der Waals surface area contributed by atoms with Gasteiger partial charge in [-0.3, -0.25) is 4.79 Å². The molecule has 0 radical (unpaired) electrons. The fourth-order valence-corrected chi connectivity index (χ4v) is 0.782. The third-order valence-corrected chi connectivity index (χ3v) is 1.32. The Hall–Kier alpha value is -0.760. The van der Waals surface area contributed by atoms with Gasteiger partial charge in [0.2, 0.25) is 0 Å². The van der Waals surface area contributed by atoms with Crippen LogP contribution in [0.1, 0.15) is 16.1 Å². The van der Waals surface area contributed by atoms with E-state index >= 15 is 0 Å². The van der Waals surface area contributed by atoms with Gasteiger partial charge in [0.25, 0.3) is 0 Å². The summed E-state index contributed by atoms with van der Waals surface area (Å²) in [5.74, 6) is 0.648. The minimum absolute atomic E-state index is 0.324. The first-order chi connectivity index (χ1) is 4.38. The van der Waals surface area contributed by atoms with E-state index in [9.17, 15) is 4.79 Å². The van der Waals surface area contributed by atoms with E-state index in [0.717, 1.165) is 5.56 Å². The van der Waals surface area contributed by atoms with Gasteiger partial charge in [0.1, 0.15) is 0 Å². The van der Waals surface area contributed by atoms with Gasteiger partial charge < -0.3 is 4.42 Å². The first-order valence-electron chi connectivity index (χ1n) is 2.46. The number of halogens is 1. The smallest absolute Gasteiger partial charge is 0.185 e. The maximum absolute atomic E-state index is 10.1. The fourth-order valence-electron chi connectivity index (χ4n) is 0.561. The minimum Gasteiger partial charge on any atom is -0.461 e. The van der Waals surface area contributed by atoms with Gasteiger partial charge in [-0.05, 0) is 6.07 Å². The molecule has 3 heteroatoms. The van der Waals surface area contributed by atoms with E-state index < -0.39 is 0 Å². The lowest BCUT2D eigenvalue weighted by Gasteiger charge is -1.84. The Kier molecular flexibility index (Phi) is 1.90. The average Bonchev–Trinajstić information content (AvgIpc) is 2.33. The maximum atomic E-state index is 10.1. The summed E-state index contributed by atoms with van der Waals surface area (Å²) in [7, 11) is 0. The van der Waals surface area contributed by atoms with Crippen LogP contribution in [-0.4, -0.2) is 6.29 Å². The molecule has 1 heterocycles. The first-order valence-corrected chi connectivity index (χ1v) is 2.99. The molecule has 0 amide bonds. The van der Waals surface area contributed by atoms with Crippen molar-refractivity contribution in [1.29, 1.82) is 0 Å². The molecule has 0 atom stereocenters. The molecule has 0 spiro atoms. The standard InChI is InChI=1S/C6H5ClO2/c7-3-5-1-2-9-6(5)4-8/h1-2,4H,3H2. The number of hydrogen-bond donors (Lipinski definition) is 0. The summed E-state index contributed by atoms with van der Waals surface area (Å²) in [5.41, 5.74) is 0.742. The molecule has 0 bridgehead atoms. The predicted molar refractivity (Wildman–Crippen MR) is 33.7 cm³/mol. The zero-order chi connectivity index (χ0) is 6.69. The van der Waals surface area contributed by atoms with Crippen molar-refractivity contribution in [1.82, 2.24) is 0 Å². The summed E-state index contributed by atoms with van der Waals surface area (Å²) in [4.78, 5) is 10.1. The molecule has 0 saturated carbocycles. The Bertz CT molecular complexity index is 205. The number of carbonyl (C=O) groups excluding carboxylic acids is 1. The van der Waals surface area contributed by atoms with Crippen molar-refractivity contribution in [3.63, 3.8) is 0 Å². The van der Waals surface area contributed by atoms with Crippen LogP contribution >= 0.6 is 11.6 Å². The van der Waals surface area contributed by atoms with Crippen LogP contribution in [0.25, 0.3) is 0 Å². The maximum Gasteiger partial charge on any atom is 0.185 e. The predicted octanol–water partition coefficient (Wildman–Crippen LogP) is 1.83. The van der Waals surface area contributed by atoms with Crippen molar-refractivity contribution in [2.24, 2.45) is 0 Å². The van der Waals surface area contributed by atoms with Crippen LogP contribution in [0.4, 0.5) is 0 Å². The van der Waals surface area contributed by atoms with Crippen molar-refractivity contribution in [2.45, 2.75) is 5.88 Å². The van der Waals surface area contributed by atoms with Crippen LogP contribution in [0.3, 0.4) is 0 Å². The Labute approximate surface area is 57.4 Å². The zero-order valence-corrected chi connectivity index (χ0v) is 5.39. The normalized spacial score (nSPS) is 9.44. The number of alkyl halides is 1. The number of furan rings is 1. The van der Waals surface area contributed by atoms with Gasteiger partial charge in [0.05, 0.1) is 12.1 Å². The summed E-state index contributed by atoms with van der Waals surface area (Å²) in [6.45, 7) is 0. The molecule has 0 aliphatic carbocycles. The molecular weight excluding hydrogens is 140 g/mol. The zero-order valence-electron chi connectivity index (χ0n) is 4.63. The lowest BCUT2D eigenvalue weighted by molar-refractivity contribution is 0.109. The second kappa shape index (κ2) is 2.69. The highest BCUT2D eigenvalue weighted by molar-refractivity contribution is 6.17. The van der Waals surface area contributed by atoms with Crippen molar-refractivity contribution in [2.75, 3.05) is 0 Å². The third-order valence-electron chi connectivity index (χ3n) is 1.03. The summed E-state index contributed by atoms with van der Waals surface area (Å²) in [6, 6.07) is 1.68. The topological polar surface area (TPSA) is 30.2 Å². The lowest BCUT2D eigenvalue weighted by Crippen LogP contribution is -1.79. The van der Waals surface area contributed by atoms with Crippen molar-refractivity contribution in [3.05, 3.63) is 23.7 Å². The second-order valence-corrected chi connectivity index (χ2v) is 1.83. The van der Waals surface area contributed by atoms with Gasteiger partial charge in [-0.15, -0.1) is 11.6 Å². The Morgan fingerprint density at radius 3 is 3.00 bits per heavy atom. The van der Waals surface area contributed by atoms with Crippen LogP contribution in [0, 0.1) is 0 Å². The molecule has 1 rings (SSSR count). The first kappa shape index (κ1) is 6.36. The third kappa shape index (κ3) is 1.13. The summed E-state index contributed by atoms with van der Waals surface area (Å²) >= 11 is 5.43. The van der Waals surface area contributed by atoms with E-state index in [-0.39, 0.29) is 0 Å². The highest BCUT2D eigenvalue weighted by Gasteiger charge is 2.00. The van der Waals surface area contributed by atoms with Gasteiger partial charge in [0.15, 0.2) is 12.0 Å². The molecule has 2 nitrogen and oxygen atoms in total. The molecule has 0 saturated heterocycles. The molecule has 48 valence electrons. The van der Waals surface area contributed by atoms with E-state index in [1.807, 2.05) is 0 Å². The lowest BCUT2D eigenvalue weighted by atomic mass is 10.3. The molecule has 1 aromatic heterocycles. The molecule has 0 aliphatic rings. The van der Waals surface area contributed by atoms with Gasteiger partial charge in [0, 0.05) is 5.56 Å². The van der Waals surface area contributed by atoms with Crippen LogP contribution in [0.2, 0.25) is 0 Å². The number of hydrogen-bond acceptors (Lipinski definition) is 2. The average molecular weight is 145 g/mol. The van der Waals surface area contributed by atoms with Crippen LogP contribution in [0.15, 0.2) is 16.7 Å². The fraction of sp³-hybridized carbons (Fsp3) is 0.167. The number of aldehydes is 1. The van der Waals surface area contributed by atoms with E-state index in [1.54, 1.807) is 6.07 Å². The molecule has 0 aliphatic heterocycles. The van der Waals surface area contributed by atoms with Gasteiger partial charge in [-0.25, -0.2) is 0 Å². The highest BCUT2D eigenvalue weighted by atomic mass is 35.5. The van der Waals surface area contributed by atoms with Crippen molar-refractivity contribution >= 4 is 17.9 Å². The SMILES string of the molecule is O=Cc1occc1CCl. The Balaban J connectivity index is 2.98. The van der Waals surface area contributed by atoms with Gasteiger partial charge in [-0.1, -0.05) is 0 Å². The van der Waals surface area contributed by atoms with E-state index in [4.69, 9.17) is 16.0 Å². The largest absolute Gasteiger partial charge is 0.461 e. The number of rotatable bonds is 2. The quantitative estimate of drug-likeness (QED) is 0.468. The van der Waals surface area contributed by atoms with Gasteiger partial charge >= 0.3 is 0 Å². The van der Waals surface area contributed by atoms with Gasteiger partial charge in [-0.2, -0.15) is 0 Å². The van der Waals surface area contributed by atoms with E-state index in [0.29, 0.717) is 17.9 Å². The summed E-state index contributed by atoms with van der Waals surface area (Å²) < 4.78 is 4.75. The monoisotopic (exact) mass is 144 g/mol. The van der Waals surface area contributed by atoms with E-state index in [2.05, 4.69) is 0 Å². The minimum atomic E-state index is 0.324. The molecule has 0 fully saturated rings. The molecular formula is C6H5ClO2. The summed E-state index contributed by atoms with van der Waals surface area (Å²) in [6.07, 6.45) is 2.10. The van der Waals surface area contributed by atoms with Crippen molar-refractivity contribution < 1.29 is 9.21 Å². The van der Waals surface area contributed by atoms with E-state index in [1.165, 1.54) is 6.26 Å². The molecule has 1 aromatic rings. The summed E-state index contributed by atoms with van der Waals surface area (Å²) in [5, 5.41) is 0. The molecule has 0 unspecified atom stereocenters. The number of carbonyl (C=O) groups is 1. The highest BCUT2D eigenvalue weighted by Crippen LogP contribution is 2.09. The molecule has 0 N–H and O–H groups in total. The van der Waals surface area contributed by atoms with Crippen LogP contribution in [-0.2, 0) is 5.88 Å². The van der Waals surface area contributed by atoms with Crippen molar-refractivity contribution in [3.8, 4) is 0 Å². The Morgan fingerprint density at radius 1 is 1.78 bits per heavy atom. The van der Waals surface area contributed by atoms with Crippen LogP contribution in [0.5, 0.6) is 0 Å². The van der Waals surface area contributed by atoms with Crippen LogP contribution < -0.4 is 0 Å². The molecule has 9 heavy (non-hydrogen) atoms. The Morgan fingerprint density at radius 2 is 2.56 bits per heavy atom. The second-order valence-electron chi connectivity index (χ2n) is 1.56.